The molecule has 0 fully saturated rings. The average Bonchev–Trinajstić information content (AvgIpc) is 2.39. The number of nitrogens with one attached hydrogen (secondary N) is 1. The minimum absolute atomic E-state index is 0.740. The van der Waals surface area contributed by atoms with Crippen LogP contribution >= 0.6 is 0 Å². The van der Waals surface area contributed by atoms with E-state index in [0.29, 0.717) is 0 Å². The van der Waals surface area contributed by atoms with Gasteiger partial charge in [0.05, 0.1) is 12.8 Å². The summed E-state index contributed by atoms with van der Waals surface area (Å²) in [6, 6.07) is 16.0. The molecule has 82 valence electrons. The summed E-state index contributed by atoms with van der Waals surface area (Å²) in [5.74, 6) is 6.12. The summed E-state index contributed by atoms with van der Waals surface area (Å²) in [7, 11) is 1.63. The summed E-state index contributed by atoms with van der Waals surface area (Å²) in [5.41, 5.74) is 5.64. The standard InChI is InChI=1S/C13H14N2O/c1-16-13-9-11(7-8-12(13)15-14)10-5-3-2-4-6-10/h2-9,15H,14H2,1H3. The Morgan fingerprint density at radius 1 is 1.00 bits per heavy atom. The number of benzene rings is 2. The highest BCUT2D eigenvalue weighted by Gasteiger charge is 2.03. The summed E-state index contributed by atoms with van der Waals surface area (Å²) >= 11 is 0. The van der Waals surface area contributed by atoms with E-state index in [4.69, 9.17) is 10.6 Å². The Labute approximate surface area is 94.8 Å². The number of nitrogen functional groups attached to an aromatic ring is 1. The first kappa shape index (κ1) is 10.5. The van der Waals surface area contributed by atoms with Gasteiger partial charge in [-0.2, -0.15) is 0 Å². The predicted molar refractivity (Wildman–Crippen MR) is 66.2 cm³/mol. The van der Waals surface area contributed by atoms with Crippen molar-refractivity contribution in [3.05, 3.63) is 48.5 Å². The topological polar surface area (TPSA) is 47.3 Å². The number of hydrogen-bond donors (Lipinski definition) is 2. The van der Waals surface area contributed by atoms with Crippen molar-refractivity contribution in [3.63, 3.8) is 0 Å². The van der Waals surface area contributed by atoms with E-state index >= 15 is 0 Å². The SMILES string of the molecule is COc1cc(-c2ccccc2)ccc1NN. The number of rotatable bonds is 3. The fraction of sp³-hybridized carbons (Fsp3) is 0.0769. The van der Waals surface area contributed by atoms with E-state index in [1.807, 2.05) is 36.4 Å². The smallest absolute Gasteiger partial charge is 0.143 e. The van der Waals surface area contributed by atoms with Crippen LogP contribution in [0.15, 0.2) is 48.5 Å². The van der Waals surface area contributed by atoms with E-state index < -0.39 is 0 Å². The minimum Gasteiger partial charge on any atom is -0.495 e. The van der Waals surface area contributed by atoms with Crippen molar-refractivity contribution in [3.8, 4) is 16.9 Å². The average molecular weight is 214 g/mol. The Morgan fingerprint density at radius 2 is 1.75 bits per heavy atom. The fourth-order valence-electron chi connectivity index (χ4n) is 1.62. The highest BCUT2D eigenvalue weighted by molar-refractivity contribution is 5.70. The van der Waals surface area contributed by atoms with Crippen LogP contribution in [0, 0.1) is 0 Å². The van der Waals surface area contributed by atoms with Crippen LogP contribution in [-0.4, -0.2) is 7.11 Å². The maximum absolute atomic E-state index is 5.38. The first-order valence-electron chi connectivity index (χ1n) is 5.05. The van der Waals surface area contributed by atoms with Gasteiger partial charge in [-0.3, -0.25) is 5.84 Å². The van der Waals surface area contributed by atoms with Gasteiger partial charge in [-0.25, -0.2) is 0 Å². The van der Waals surface area contributed by atoms with Gasteiger partial charge < -0.3 is 10.2 Å². The third-order valence-corrected chi connectivity index (χ3v) is 2.46. The third kappa shape index (κ3) is 1.99. The first-order chi connectivity index (χ1) is 7.85. The monoisotopic (exact) mass is 214 g/mol. The molecule has 0 aliphatic rings. The molecule has 3 nitrogen and oxygen atoms in total. The lowest BCUT2D eigenvalue weighted by Crippen LogP contribution is -2.07. The van der Waals surface area contributed by atoms with Gasteiger partial charge in [-0.1, -0.05) is 36.4 Å². The second-order valence-electron chi connectivity index (χ2n) is 3.43. The van der Waals surface area contributed by atoms with E-state index in [-0.39, 0.29) is 0 Å². The van der Waals surface area contributed by atoms with Crippen molar-refractivity contribution >= 4 is 5.69 Å². The second kappa shape index (κ2) is 4.68. The predicted octanol–water partition coefficient (Wildman–Crippen LogP) is 2.65. The molecule has 0 aromatic heterocycles. The van der Waals surface area contributed by atoms with Gasteiger partial charge in [0.2, 0.25) is 0 Å². The van der Waals surface area contributed by atoms with Crippen LogP contribution in [0.3, 0.4) is 0 Å². The summed E-state index contributed by atoms with van der Waals surface area (Å²) in [5, 5.41) is 0. The summed E-state index contributed by atoms with van der Waals surface area (Å²) < 4.78 is 5.26. The number of nitrogens with two attached hydrogens (primary N) is 1. The number of ether oxygens (including phenoxy) is 1. The number of anilines is 1. The van der Waals surface area contributed by atoms with Crippen LogP contribution in [0.1, 0.15) is 0 Å². The Bertz CT molecular complexity index is 469. The van der Waals surface area contributed by atoms with Gasteiger partial charge in [0.25, 0.3) is 0 Å². The van der Waals surface area contributed by atoms with Gasteiger partial charge in [-0.15, -0.1) is 0 Å². The zero-order valence-electron chi connectivity index (χ0n) is 9.10. The van der Waals surface area contributed by atoms with Crippen molar-refractivity contribution in [2.75, 3.05) is 12.5 Å². The van der Waals surface area contributed by atoms with Crippen LogP contribution in [-0.2, 0) is 0 Å². The first-order valence-corrected chi connectivity index (χ1v) is 5.05. The van der Waals surface area contributed by atoms with Gasteiger partial charge in [0.15, 0.2) is 0 Å². The molecule has 2 aromatic rings. The molecule has 0 bridgehead atoms. The molecule has 0 radical (unpaired) electrons. The molecule has 0 aliphatic heterocycles. The Morgan fingerprint density at radius 3 is 2.38 bits per heavy atom. The quantitative estimate of drug-likeness (QED) is 0.610. The largest absolute Gasteiger partial charge is 0.495 e. The number of hydrazine groups is 1. The molecule has 0 atom stereocenters. The van der Waals surface area contributed by atoms with Crippen LogP contribution in [0.2, 0.25) is 0 Å². The van der Waals surface area contributed by atoms with E-state index in [2.05, 4.69) is 17.6 Å². The lowest BCUT2D eigenvalue weighted by Gasteiger charge is -2.09. The number of hydrogen-bond acceptors (Lipinski definition) is 3. The molecule has 2 aromatic carbocycles. The molecule has 0 saturated carbocycles. The lowest BCUT2D eigenvalue weighted by atomic mass is 10.1. The molecule has 3 N–H and O–H groups in total. The van der Waals surface area contributed by atoms with Crippen LogP contribution in [0.5, 0.6) is 5.75 Å². The van der Waals surface area contributed by atoms with E-state index in [0.717, 1.165) is 22.6 Å². The van der Waals surface area contributed by atoms with Gasteiger partial charge in [-0.05, 0) is 23.3 Å². The molecule has 3 heteroatoms. The Kier molecular flexibility index (Phi) is 3.08. The lowest BCUT2D eigenvalue weighted by molar-refractivity contribution is 0.416. The van der Waals surface area contributed by atoms with Crippen molar-refractivity contribution in [1.29, 1.82) is 0 Å². The Balaban J connectivity index is 2.44. The van der Waals surface area contributed by atoms with Crippen molar-refractivity contribution in [1.82, 2.24) is 0 Å². The van der Waals surface area contributed by atoms with Crippen molar-refractivity contribution in [2.45, 2.75) is 0 Å². The van der Waals surface area contributed by atoms with E-state index in [1.54, 1.807) is 7.11 Å². The molecule has 0 spiro atoms. The zero-order valence-corrected chi connectivity index (χ0v) is 9.10. The van der Waals surface area contributed by atoms with Crippen LogP contribution in [0.25, 0.3) is 11.1 Å². The molecular weight excluding hydrogens is 200 g/mol. The Hall–Kier alpha value is -2.00. The molecule has 0 heterocycles. The molecule has 0 amide bonds. The van der Waals surface area contributed by atoms with Crippen LogP contribution < -0.4 is 16.0 Å². The molecule has 0 aliphatic carbocycles. The highest BCUT2D eigenvalue weighted by Crippen LogP contribution is 2.29. The van der Waals surface area contributed by atoms with E-state index in [9.17, 15) is 0 Å². The van der Waals surface area contributed by atoms with Crippen LogP contribution in [0.4, 0.5) is 5.69 Å². The highest BCUT2D eigenvalue weighted by atomic mass is 16.5. The maximum atomic E-state index is 5.38. The van der Waals surface area contributed by atoms with Crippen molar-refractivity contribution < 1.29 is 4.74 Å². The molecular formula is C13H14N2O. The molecule has 2 rings (SSSR count). The zero-order chi connectivity index (χ0) is 11.4. The van der Waals surface area contributed by atoms with Gasteiger partial charge in [0, 0.05) is 0 Å². The summed E-state index contributed by atoms with van der Waals surface area (Å²) in [6.07, 6.45) is 0. The van der Waals surface area contributed by atoms with Gasteiger partial charge >= 0.3 is 0 Å². The normalized spacial score (nSPS) is 9.88. The summed E-state index contributed by atoms with van der Waals surface area (Å²) in [6.45, 7) is 0. The summed E-state index contributed by atoms with van der Waals surface area (Å²) in [4.78, 5) is 0. The fourth-order valence-corrected chi connectivity index (χ4v) is 1.62. The number of methoxy groups -OCH3 is 1. The molecule has 0 saturated heterocycles. The van der Waals surface area contributed by atoms with E-state index in [1.165, 1.54) is 0 Å². The van der Waals surface area contributed by atoms with Gasteiger partial charge in [0.1, 0.15) is 5.75 Å². The van der Waals surface area contributed by atoms with Crippen molar-refractivity contribution in [2.24, 2.45) is 5.84 Å². The minimum atomic E-state index is 0.740. The second-order valence-corrected chi connectivity index (χ2v) is 3.43. The maximum Gasteiger partial charge on any atom is 0.143 e. The third-order valence-electron chi connectivity index (χ3n) is 2.46. The molecule has 0 unspecified atom stereocenters. The molecule has 16 heavy (non-hydrogen) atoms.